The van der Waals surface area contributed by atoms with Crippen LogP contribution in [0.25, 0.3) is 0 Å². The second-order valence-corrected chi connectivity index (χ2v) is 4.37. The highest BCUT2D eigenvalue weighted by Gasteiger charge is 2.07. The summed E-state index contributed by atoms with van der Waals surface area (Å²) in [4.78, 5) is 2.10. The van der Waals surface area contributed by atoms with Crippen LogP contribution in [-0.2, 0) is 13.1 Å². The summed E-state index contributed by atoms with van der Waals surface area (Å²) in [5.74, 6) is 1.71. The maximum atomic E-state index is 5.30. The number of rotatable bonds is 6. The minimum Gasteiger partial charge on any atom is -0.497 e. The Bertz CT molecular complexity index is 508. The van der Waals surface area contributed by atoms with E-state index in [0.29, 0.717) is 6.54 Å². The van der Waals surface area contributed by atoms with Crippen LogP contribution in [0, 0.1) is 0 Å². The molecule has 1 N–H and O–H groups in total. The molecule has 0 aliphatic rings. The van der Waals surface area contributed by atoms with Crippen LogP contribution < -0.4 is 15.0 Å². The van der Waals surface area contributed by atoms with Crippen LogP contribution in [0.2, 0.25) is 0 Å². The van der Waals surface area contributed by atoms with Crippen molar-refractivity contribution < 1.29 is 9.26 Å². The van der Waals surface area contributed by atoms with E-state index in [2.05, 4.69) is 15.4 Å². The summed E-state index contributed by atoms with van der Waals surface area (Å²) in [7, 11) is 5.57. The van der Waals surface area contributed by atoms with Crippen molar-refractivity contribution in [3.05, 3.63) is 41.8 Å². The number of methoxy groups -OCH3 is 1. The van der Waals surface area contributed by atoms with Crippen LogP contribution in [0.4, 0.5) is 5.69 Å². The molecule has 0 amide bonds. The summed E-state index contributed by atoms with van der Waals surface area (Å²) >= 11 is 0. The highest BCUT2D eigenvalue weighted by atomic mass is 16.5. The summed E-state index contributed by atoms with van der Waals surface area (Å²) in [5.41, 5.74) is 2.02. The summed E-state index contributed by atoms with van der Waals surface area (Å²) < 4.78 is 10.4. The molecule has 0 bridgehead atoms. The molecule has 1 aromatic heterocycles. The molecule has 0 unspecified atom stereocenters. The third-order valence-electron chi connectivity index (χ3n) is 2.87. The monoisotopic (exact) mass is 261 g/mol. The van der Waals surface area contributed by atoms with E-state index in [1.165, 1.54) is 0 Å². The predicted octanol–water partition coefficient (Wildman–Crippen LogP) is 2.04. The zero-order valence-corrected chi connectivity index (χ0v) is 11.5. The summed E-state index contributed by atoms with van der Waals surface area (Å²) in [5, 5.41) is 7.04. The van der Waals surface area contributed by atoms with Gasteiger partial charge in [0.05, 0.1) is 19.3 Å². The SMILES string of the molecule is CNCc1cc(CN(C)c2ccc(OC)cc2)on1. The normalized spacial score (nSPS) is 10.5. The van der Waals surface area contributed by atoms with Crippen LogP contribution >= 0.6 is 0 Å². The first-order chi connectivity index (χ1) is 9.22. The van der Waals surface area contributed by atoms with Gasteiger partial charge in [0, 0.05) is 25.3 Å². The van der Waals surface area contributed by atoms with E-state index >= 15 is 0 Å². The van der Waals surface area contributed by atoms with Gasteiger partial charge < -0.3 is 19.5 Å². The molecule has 2 aromatic rings. The first-order valence-electron chi connectivity index (χ1n) is 6.17. The molecule has 0 saturated carbocycles. The van der Waals surface area contributed by atoms with E-state index in [0.717, 1.165) is 29.4 Å². The molecule has 0 atom stereocenters. The lowest BCUT2D eigenvalue weighted by atomic mass is 10.2. The molecule has 1 heterocycles. The Balaban J connectivity index is 2.00. The van der Waals surface area contributed by atoms with Gasteiger partial charge in [-0.3, -0.25) is 0 Å². The number of anilines is 1. The van der Waals surface area contributed by atoms with Gasteiger partial charge in [-0.05, 0) is 31.3 Å². The second kappa shape index (κ2) is 6.24. The first-order valence-corrected chi connectivity index (χ1v) is 6.17. The van der Waals surface area contributed by atoms with Crippen molar-refractivity contribution in [2.75, 3.05) is 26.1 Å². The van der Waals surface area contributed by atoms with Gasteiger partial charge in [-0.2, -0.15) is 0 Å². The largest absolute Gasteiger partial charge is 0.497 e. The predicted molar refractivity (Wildman–Crippen MR) is 74.4 cm³/mol. The highest BCUT2D eigenvalue weighted by molar-refractivity contribution is 5.48. The number of benzene rings is 1. The van der Waals surface area contributed by atoms with Crippen molar-refractivity contribution in [2.24, 2.45) is 0 Å². The van der Waals surface area contributed by atoms with Gasteiger partial charge >= 0.3 is 0 Å². The number of nitrogens with zero attached hydrogens (tertiary/aromatic N) is 2. The Morgan fingerprint density at radius 2 is 2.05 bits per heavy atom. The van der Waals surface area contributed by atoms with Gasteiger partial charge in [0.15, 0.2) is 5.76 Å². The maximum absolute atomic E-state index is 5.30. The van der Waals surface area contributed by atoms with Crippen molar-refractivity contribution in [2.45, 2.75) is 13.1 Å². The number of hydrogen-bond acceptors (Lipinski definition) is 5. The third-order valence-corrected chi connectivity index (χ3v) is 2.87. The fourth-order valence-electron chi connectivity index (χ4n) is 1.86. The topological polar surface area (TPSA) is 50.5 Å². The summed E-state index contributed by atoms with van der Waals surface area (Å²) in [6, 6.07) is 9.89. The van der Waals surface area contributed by atoms with Crippen LogP contribution in [0.1, 0.15) is 11.5 Å². The lowest BCUT2D eigenvalue weighted by Crippen LogP contribution is -2.15. The Hall–Kier alpha value is -2.01. The molecule has 0 radical (unpaired) electrons. The summed E-state index contributed by atoms with van der Waals surface area (Å²) in [6.45, 7) is 1.40. The van der Waals surface area contributed by atoms with E-state index < -0.39 is 0 Å². The van der Waals surface area contributed by atoms with Crippen molar-refractivity contribution in [3.63, 3.8) is 0 Å². The van der Waals surface area contributed by atoms with Crippen LogP contribution in [0.15, 0.2) is 34.9 Å². The maximum Gasteiger partial charge on any atom is 0.156 e. The van der Waals surface area contributed by atoms with Crippen molar-refractivity contribution >= 4 is 5.69 Å². The second-order valence-electron chi connectivity index (χ2n) is 4.37. The zero-order chi connectivity index (χ0) is 13.7. The Morgan fingerprint density at radius 1 is 1.32 bits per heavy atom. The van der Waals surface area contributed by atoms with Crippen molar-refractivity contribution in [1.82, 2.24) is 10.5 Å². The van der Waals surface area contributed by atoms with Gasteiger partial charge in [-0.25, -0.2) is 0 Å². The van der Waals surface area contributed by atoms with Crippen molar-refractivity contribution in [1.29, 1.82) is 0 Å². The smallest absolute Gasteiger partial charge is 0.156 e. The molecule has 0 spiro atoms. The fourth-order valence-corrected chi connectivity index (χ4v) is 1.86. The molecule has 0 aliphatic heterocycles. The molecule has 5 nitrogen and oxygen atoms in total. The molecular weight excluding hydrogens is 242 g/mol. The Labute approximate surface area is 113 Å². The van der Waals surface area contributed by atoms with E-state index in [9.17, 15) is 0 Å². The number of nitrogens with one attached hydrogen (secondary N) is 1. The summed E-state index contributed by atoms with van der Waals surface area (Å²) in [6.07, 6.45) is 0. The van der Waals surface area contributed by atoms with Gasteiger partial charge in [-0.1, -0.05) is 5.16 Å². The molecule has 0 fully saturated rings. The molecule has 2 rings (SSSR count). The molecular formula is C14H19N3O2. The highest BCUT2D eigenvalue weighted by Crippen LogP contribution is 2.19. The first kappa shape index (κ1) is 13.4. The van der Waals surface area contributed by atoms with E-state index in [4.69, 9.17) is 9.26 Å². The molecule has 102 valence electrons. The van der Waals surface area contributed by atoms with Gasteiger partial charge in [0.2, 0.25) is 0 Å². The zero-order valence-electron chi connectivity index (χ0n) is 11.5. The quantitative estimate of drug-likeness (QED) is 0.862. The van der Waals surface area contributed by atoms with Crippen LogP contribution in [0.5, 0.6) is 5.75 Å². The Kier molecular flexibility index (Phi) is 4.41. The van der Waals surface area contributed by atoms with E-state index in [1.807, 2.05) is 44.4 Å². The van der Waals surface area contributed by atoms with E-state index in [1.54, 1.807) is 7.11 Å². The lowest BCUT2D eigenvalue weighted by molar-refractivity contribution is 0.375. The number of aromatic nitrogens is 1. The number of hydrogen-bond donors (Lipinski definition) is 1. The number of ether oxygens (including phenoxy) is 1. The van der Waals surface area contributed by atoms with Gasteiger partial charge in [-0.15, -0.1) is 0 Å². The average molecular weight is 261 g/mol. The van der Waals surface area contributed by atoms with Crippen LogP contribution in [0.3, 0.4) is 0 Å². The van der Waals surface area contributed by atoms with Gasteiger partial charge in [0.1, 0.15) is 5.75 Å². The molecule has 0 saturated heterocycles. The molecule has 1 aromatic carbocycles. The molecule has 5 heteroatoms. The van der Waals surface area contributed by atoms with Crippen molar-refractivity contribution in [3.8, 4) is 5.75 Å². The van der Waals surface area contributed by atoms with E-state index in [-0.39, 0.29) is 0 Å². The lowest BCUT2D eigenvalue weighted by Gasteiger charge is -2.17. The minimum absolute atomic E-state index is 0.684. The average Bonchev–Trinajstić information content (AvgIpc) is 2.86. The molecule has 0 aliphatic carbocycles. The minimum atomic E-state index is 0.684. The Morgan fingerprint density at radius 3 is 2.68 bits per heavy atom. The molecule has 19 heavy (non-hydrogen) atoms. The van der Waals surface area contributed by atoms with Crippen LogP contribution in [-0.4, -0.2) is 26.4 Å². The third kappa shape index (κ3) is 3.48. The standard InChI is InChI=1S/C14H19N3O2/c1-15-9-11-8-14(19-16-11)10-17(2)12-4-6-13(18-3)7-5-12/h4-8,15H,9-10H2,1-3H3. The van der Waals surface area contributed by atoms with Gasteiger partial charge in [0.25, 0.3) is 0 Å². The fraction of sp³-hybridized carbons (Fsp3) is 0.357.